The van der Waals surface area contributed by atoms with E-state index in [1.54, 1.807) is 12.1 Å². The Kier molecular flexibility index (Phi) is 4.62. The summed E-state index contributed by atoms with van der Waals surface area (Å²) in [7, 11) is 2.32. The van der Waals surface area contributed by atoms with Gasteiger partial charge < -0.3 is 14.5 Å². The number of pyridine rings is 1. The summed E-state index contributed by atoms with van der Waals surface area (Å²) in [5, 5.41) is 0.677. The van der Waals surface area contributed by atoms with Crippen molar-refractivity contribution in [1.29, 1.82) is 0 Å². The van der Waals surface area contributed by atoms with Crippen molar-refractivity contribution in [3.8, 4) is 0 Å². The van der Waals surface area contributed by atoms with E-state index in [2.05, 4.69) is 14.5 Å². The van der Waals surface area contributed by atoms with Crippen molar-refractivity contribution in [2.75, 3.05) is 14.2 Å². The number of carbonyl (C=O) groups is 2. The van der Waals surface area contributed by atoms with E-state index < -0.39 is 17.4 Å². The predicted molar refractivity (Wildman–Crippen MR) is 81.6 cm³/mol. The molecule has 114 valence electrons. The number of hydrogen-bond donors (Lipinski definition) is 1. The van der Waals surface area contributed by atoms with Gasteiger partial charge in [0.2, 0.25) is 0 Å². The summed E-state index contributed by atoms with van der Waals surface area (Å²) in [5.41, 5.74) is -0.0956. The molecule has 0 unspecified atom stereocenters. The van der Waals surface area contributed by atoms with Crippen molar-refractivity contribution in [3.05, 3.63) is 51.3 Å². The topological polar surface area (TPSA) is 85.5 Å². The van der Waals surface area contributed by atoms with Gasteiger partial charge in [-0.2, -0.15) is 0 Å². The molecule has 2 rings (SSSR count). The summed E-state index contributed by atoms with van der Waals surface area (Å²) < 4.78 is 9.10. The fourth-order valence-electron chi connectivity index (χ4n) is 1.92. The lowest BCUT2D eigenvalue weighted by Gasteiger charge is -2.07. The molecule has 0 saturated heterocycles. The van der Waals surface area contributed by atoms with Gasteiger partial charge in [0.25, 0.3) is 0 Å². The maximum absolute atomic E-state index is 12.5. The van der Waals surface area contributed by atoms with Crippen LogP contribution in [-0.4, -0.2) is 31.1 Å². The molecule has 1 N–H and O–H groups in total. The first-order chi connectivity index (χ1) is 10.5. The molecule has 0 aliphatic carbocycles. The lowest BCUT2D eigenvalue weighted by molar-refractivity contribution is -0.136. The summed E-state index contributed by atoms with van der Waals surface area (Å²) in [6.45, 7) is 0. The van der Waals surface area contributed by atoms with E-state index >= 15 is 0 Å². The maximum Gasteiger partial charge on any atom is 0.338 e. The molecule has 1 aromatic carbocycles. The third-order valence-electron chi connectivity index (χ3n) is 3.00. The monoisotopic (exact) mass is 321 g/mol. The highest BCUT2D eigenvalue weighted by molar-refractivity contribution is 6.31. The zero-order valence-electron chi connectivity index (χ0n) is 11.8. The number of esters is 2. The van der Waals surface area contributed by atoms with Crippen LogP contribution < -0.4 is 5.43 Å². The molecular weight excluding hydrogens is 310 g/mol. The predicted octanol–water partition coefficient (Wildman–Crippen LogP) is 1.91. The average molecular weight is 322 g/mol. The number of hydrogen-bond acceptors (Lipinski definition) is 5. The molecule has 0 amide bonds. The SMILES string of the molecule is COC(=O)/C=C(/C(=O)OC)c1c[nH]c2ccc(Cl)cc2c1=O. The highest BCUT2D eigenvalue weighted by Gasteiger charge is 2.19. The zero-order valence-corrected chi connectivity index (χ0v) is 12.6. The van der Waals surface area contributed by atoms with E-state index in [0.29, 0.717) is 15.9 Å². The number of aromatic amines is 1. The van der Waals surface area contributed by atoms with Gasteiger partial charge in [-0.25, -0.2) is 9.59 Å². The Morgan fingerprint density at radius 1 is 1.23 bits per heavy atom. The molecule has 7 heteroatoms. The molecule has 0 atom stereocenters. The van der Waals surface area contributed by atoms with E-state index in [0.717, 1.165) is 20.3 Å². The zero-order chi connectivity index (χ0) is 16.3. The van der Waals surface area contributed by atoms with Crippen molar-refractivity contribution in [3.63, 3.8) is 0 Å². The molecule has 0 bridgehead atoms. The third kappa shape index (κ3) is 3.01. The van der Waals surface area contributed by atoms with Crippen LogP contribution in [0.4, 0.5) is 0 Å². The number of fused-ring (bicyclic) bond motifs is 1. The normalized spacial score (nSPS) is 11.3. The second kappa shape index (κ2) is 6.44. The molecule has 0 radical (unpaired) electrons. The average Bonchev–Trinajstić information content (AvgIpc) is 2.53. The molecule has 1 aromatic heterocycles. The minimum atomic E-state index is -0.822. The summed E-state index contributed by atoms with van der Waals surface area (Å²) >= 11 is 5.89. The first-order valence-corrected chi connectivity index (χ1v) is 6.55. The number of rotatable bonds is 3. The number of H-pyrrole nitrogens is 1. The van der Waals surface area contributed by atoms with Gasteiger partial charge in [-0.15, -0.1) is 0 Å². The van der Waals surface area contributed by atoms with Crippen molar-refractivity contribution < 1.29 is 19.1 Å². The summed E-state index contributed by atoms with van der Waals surface area (Å²) in [6, 6.07) is 4.75. The smallest absolute Gasteiger partial charge is 0.338 e. The minimum Gasteiger partial charge on any atom is -0.466 e. The largest absolute Gasteiger partial charge is 0.466 e. The molecule has 2 aromatic rings. The molecule has 0 spiro atoms. The van der Waals surface area contributed by atoms with E-state index in [9.17, 15) is 14.4 Å². The van der Waals surface area contributed by atoms with Crippen LogP contribution in [0, 0.1) is 0 Å². The highest BCUT2D eigenvalue weighted by atomic mass is 35.5. The van der Waals surface area contributed by atoms with E-state index in [1.807, 2.05) is 0 Å². The lowest BCUT2D eigenvalue weighted by Crippen LogP contribution is -2.16. The van der Waals surface area contributed by atoms with Crippen LogP contribution >= 0.6 is 11.6 Å². The molecule has 0 saturated carbocycles. The molecule has 0 aliphatic rings. The van der Waals surface area contributed by atoms with Crippen LogP contribution in [0.1, 0.15) is 5.56 Å². The van der Waals surface area contributed by atoms with Crippen LogP contribution in [0.2, 0.25) is 5.02 Å². The van der Waals surface area contributed by atoms with Gasteiger partial charge in [-0.1, -0.05) is 11.6 Å². The number of ether oxygens (including phenoxy) is 2. The Morgan fingerprint density at radius 2 is 1.95 bits per heavy atom. The van der Waals surface area contributed by atoms with Crippen LogP contribution in [-0.2, 0) is 19.1 Å². The van der Waals surface area contributed by atoms with Crippen LogP contribution in [0.5, 0.6) is 0 Å². The van der Waals surface area contributed by atoms with Crippen molar-refractivity contribution >= 4 is 40.0 Å². The van der Waals surface area contributed by atoms with Gasteiger partial charge in [-0.3, -0.25) is 4.79 Å². The molecule has 22 heavy (non-hydrogen) atoms. The number of methoxy groups -OCH3 is 2. The van der Waals surface area contributed by atoms with Crippen LogP contribution in [0.15, 0.2) is 35.3 Å². The van der Waals surface area contributed by atoms with Gasteiger partial charge in [-0.05, 0) is 18.2 Å². The molecular formula is C15H12ClNO5. The van der Waals surface area contributed by atoms with Gasteiger partial charge in [0, 0.05) is 28.2 Å². The van der Waals surface area contributed by atoms with E-state index in [1.165, 1.54) is 12.3 Å². The van der Waals surface area contributed by atoms with Gasteiger partial charge in [0.15, 0.2) is 5.43 Å². The number of aromatic nitrogens is 1. The second-order valence-corrected chi connectivity index (χ2v) is 4.73. The Balaban J connectivity index is 2.72. The van der Waals surface area contributed by atoms with Gasteiger partial charge in [0.1, 0.15) is 0 Å². The van der Waals surface area contributed by atoms with Crippen LogP contribution in [0.25, 0.3) is 16.5 Å². The van der Waals surface area contributed by atoms with Crippen molar-refractivity contribution in [1.82, 2.24) is 4.98 Å². The lowest BCUT2D eigenvalue weighted by atomic mass is 10.0. The van der Waals surface area contributed by atoms with Crippen LogP contribution in [0.3, 0.4) is 0 Å². The van der Waals surface area contributed by atoms with Gasteiger partial charge >= 0.3 is 11.9 Å². The number of halogens is 1. The summed E-state index contributed by atoms with van der Waals surface area (Å²) in [4.78, 5) is 38.7. The Morgan fingerprint density at radius 3 is 2.59 bits per heavy atom. The van der Waals surface area contributed by atoms with Crippen molar-refractivity contribution in [2.45, 2.75) is 0 Å². The highest BCUT2D eigenvalue weighted by Crippen LogP contribution is 2.18. The van der Waals surface area contributed by atoms with E-state index in [4.69, 9.17) is 11.6 Å². The molecule has 0 aliphatic heterocycles. The third-order valence-corrected chi connectivity index (χ3v) is 3.24. The van der Waals surface area contributed by atoms with E-state index in [-0.39, 0.29) is 11.1 Å². The number of carbonyl (C=O) groups excluding carboxylic acids is 2. The first kappa shape index (κ1) is 15.8. The Labute approximate surface area is 130 Å². The quantitative estimate of drug-likeness (QED) is 0.689. The fourth-order valence-corrected chi connectivity index (χ4v) is 2.10. The van der Waals surface area contributed by atoms with Gasteiger partial charge in [0.05, 0.1) is 25.4 Å². The molecule has 0 fully saturated rings. The maximum atomic E-state index is 12.5. The summed E-state index contributed by atoms with van der Waals surface area (Å²) in [6.07, 6.45) is 2.25. The number of benzene rings is 1. The molecule has 6 nitrogen and oxygen atoms in total. The first-order valence-electron chi connectivity index (χ1n) is 6.17. The fraction of sp³-hybridized carbons (Fsp3) is 0.133. The number of nitrogens with one attached hydrogen (secondary N) is 1. The van der Waals surface area contributed by atoms with Crippen molar-refractivity contribution in [2.24, 2.45) is 0 Å². The second-order valence-electron chi connectivity index (χ2n) is 4.29. The Bertz CT molecular complexity index is 837. The minimum absolute atomic E-state index is 0.00739. The molecule has 1 heterocycles. The Hall–Kier alpha value is -2.60. The summed E-state index contributed by atoms with van der Waals surface area (Å²) in [5.74, 6) is -1.59. The standard InChI is InChI=1S/C15H12ClNO5/c1-21-13(18)6-9(15(20)22-2)11-7-17-12-4-3-8(16)5-10(12)14(11)19/h3-7H,1-2H3,(H,17,19)/b9-6+.